The molecule has 0 unspecified atom stereocenters. The maximum Gasteiger partial charge on any atom is 0.0893 e. The molecule has 1 aromatic heterocycles. The van der Waals surface area contributed by atoms with Crippen molar-refractivity contribution >= 4 is 72.7 Å². The zero-order valence-corrected chi connectivity index (χ0v) is 20.5. The molecule has 29 heavy (non-hydrogen) atoms. The molecule has 0 saturated carbocycles. The number of β-amino-alcohol motifs (C(OH)–C–C–N with tert-alkyl or cyclic N) is 1. The predicted octanol–water partition coefficient (Wildman–Crippen LogP) is 5.82. The van der Waals surface area contributed by atoms with Crippen LogP contribution in [0.4, 0.5) is 5.69 Å². The van der Waals surface area contributed by atoms with E-state index in [-0.39, 0.29) is 0 Å². The van der Waals surface area contributed by atoms with Crippen molar-refractivity contribution in [2.24, 2.45) is 0 Å². The summed E-state index contributed by atoms with van der Waals surface area (Å²) in [6, 6.07) is 22.1. The van der Waals surface area contributed by atoms with E-state index in [0.29, 0.717) is 19.1 Å². The minimum atomic E-state index is -0.444. The van der Waals surface area contributed by atoms with Gasteiger partial charge in [0.1, 0.15) is 0 Å². The minimum Gasteiger partial charge on any atom is -0.389 e. The maximum absolute atomic E-state index is 11.1. The van der Waals surface area contributed by atoms with Gasteiger partial charge in [-0.1, -0.05) is 18.2 Å². The summed E-state index contributed by atoms with van der Waals surface area (Å²) in [5.41, 5.74) is 5.03. The lowest BCUT2D eigenvalue weighted by molar-refractivity contribution is 0.160. The van der Waals surface area contributed by atoms with Crippen molar-refractivity contribution in [3.05, 3.63) is 73.4 Å². The van der Waals surface area contributed by atoms with Crippen LogP contribution < -0.4 is 4.90 Å². The first-order valence-electron chi connectivity index (χ1n) is 9.91. The first kappa shape index (κ1) is 19.6. The summed E-state index contributed by atoms with van der Waals surface area (Å²) in [5, 5.41) is 13.6. The topological polar surface area (TPSA) is 28.4 Å². The summed E-state index contributed by atoms with van der Waals surface area (Å²) in [6.07, 6.45) is 0.607. The number of halogens is 2. The highest BCUT2D eigenvalue weighted by atomic mass is 127. The first-order chi connectivity index (χ1) is 14.0. The van der Waals surface area contributed by atoms with Gasteiger partial charge in [0.15, 0.2) is 0 Å². The van der Waals surface area contributed by atoms with Crippen LogP contribution in [-0.2, 0) is 13.0 Å². The monoisotopic (exact) mass is 608 g/mol. The molecule has 0 radical (unpaired) electrons. The Labute approximate surface area is 198 Å². The molecule has 148 valence electrons. The summed E-state index contributed by atoms with van der Waals surface area (Å²) in [7, 11) is 0. The molecule has 2 heterocycles. The number of aromatic nitrogens is 1. The fraction of sp³-hybridized carbons (Fsp3) is 0.250. The SMILES string of the molecule is C[C@H]1Cc2ccccc2N1C[C@H](O)Cn1c2ccc(I)cc2c2cc(I)ccc21. The molecule has 5 rings (SSSR count). The Morgan fingerprint density at radius 3 is 2.21 bits per heavy atom. The van der Waals surface area contributed by atoms with Crippen LogP contribution >= 0.6 is 45.2 Å². The highest BCUT2D eigenvalue weighted by Crippen LogP contribution is 2.34. The van der Waals surface area contributed by atoms with Gasteiger partial charge in [0.25, 0.3) is 0 Å². The second-order valence-corrected chi connectivity index (χ2v) is 10.4. The molecule has 1 aliphatic heterocycles. The zero-order valence-electron chi connectivity index (χ0n) is 16.1. The number of fused-ring (bicyclic) bond motifs is 4. The Balaban J connectivity index is 1.50. The summed E-state index contributed by atoms with van der Waals surface area (Å²) >= 11 is 4.74. The molecule has 0 aliphatic carbocycles. The number of hydrogen-bond donors (Lipinski definition) is 1. The molecular weight excluding hydrogens is 586 g/mol. The van der Waals surface area contributed by atoms with E-state index < -0.39 is 6.10 Å². The van der Waals surface area contributed by atoms with Crippen molar-refractivity contribution in [2.75, 3.05) is 11.4 Å². The summed E-state index contributed by atoms with van der Waals surface area (Å²) in [4.78, 5) is 2.36. The first-order valence-corrected chi connectivity index (χ1v) is 12.1. The van der Waals surface area contributed by atoms with E-state index in [1.54, 1.807) is 0 Å². The zero-order chi connectivity index (χ0) is 20.1. The van der Waals surface area contributed by atoms with Gasteiger partial charge in [-0.2, -0.15) is 0 Å². The molecule has 0 amide bonds. The summed E-state index contributed by atoms with van der Waals surface area (Å²) in [6.45, 7) is 3.48. The van der Waals surface area contributed by atoms with Gasteiger partial charge < -0.3 is 14.6 Å². The van der Waals surface area contributed by atoms with Gasteiger partial charge in [0.2, 0.25) is 0 Å². The molecular formula is C24H22I2N2O. The van der Waals surface area contributed by atoms with Gasteiger partial charge in [0, 0.05) is 47.2 Å². The van der Waals surface area contributed by atoms with E-state index in [0.717, 1.165) is 6.42 Å². The number of benzene rings is 3. The van der Waals surface area contributed by atoms with Crippen LogP contribution in [0, 0.1) is 7.14 Å². The third-order valence-corrected chi connectivity index (χ3v) is 7.28. The molecule has 1 aliphatic rings. The standard InChI is InChI=1S/C24H22I2N2O/c1-15-10-16-4-2-3-5-22(16)27(15)13-19(29)14-28-23-8-6-17(25)11-20(23)21-12-18(26)7-9-24(21)28/h2-9,11-12,15,19,29H,10,13-14H2,1H3/t15-,19-/m0/s1. The summed E-state index contributed by atoms with van der Waals surface area (Å²) in [5.74, 6) is 0. The number of hydrogen-bond acceptors (Lipinski definition) is 2. The minimum absolute atomic E-state index is 0.420. The number of para-hydroxylation sites is 1. The van der Waals surface area contributed by atoms with E-state index in [1.165, 1.54) is 40.2 Å². The average Bonchev–Trinajstić information content (AvgIpc) is 3.16. The lowest BCUT2D eigenvalue weighted by Crippen LogP contribution is -2.38. The number of anilines is 1. The van der Waals surface area contributed by atoms with E-state index in [4.69, 9.17) is 0 Å². The van der Waals surface area contributed by atoms with E-state index >= 15 is 0 Å². The Bertz CT molecular complexity index is 1160. The van der Waals surface area contributed by atoms with Gasteiger partial charge in [-0.3, -0.25) is 0 Å². The molecule has 3 nitrogen and oxygen atoms in total. The van der Waals surface area contributed by atoms with Gasteiger partial charge >= 0.3 is 0 Å². The quantitative estimate of drug-likeness (QED) is 0.296. The fourth-order valence-electron chi connectivity index (χ4n) is 4.65. The fourth-order valence-corrected chi connectivity index (χ4v) is 5.63. The summed E-state index contributed by atoms with van der Waals surface area (Å²) < 4.78 is 4.75. The highest BCUT2D eigenvalue weighted by molar-refractivity contribution is 14.1. The average molecular weight is 608 g/mol. The second-order valence-electron chi connectivity index (χ2n) is 7.92. The molecule has 0 saturated heterocycles. The highest BCUT2D eigenvalue weighted by Gasteiger charge is 2.27. The van der Waals surface area contributed by atoms with Crippen molar-refractivity contribution < 1.29 is 5.11 Å². The molecule has 3 aromatic carbocycles. The van der Waals surface area contributed by atoms with Crippen LogP contribution in [-0.4, -0.2) is 28.4 Å². The van der Waals surface area contributed by atoms with Gasteiger partial charge in [-0.05, 0) is 107 Å². The molecule has 4 aromatic rings. The molecule has 0 fully saturated rings. The van der Waals surface area contributed by atoms with Gasteiger partial charge in [-0.15, -0.1) is 0 Å². The Morgan fingerprint density at radius 1 is 0.931 bits per heavy atom. The van der Waals surface area contributed by atoms with Crippen molar-refractivity contribution in [3.8, 4) is 0 Å². The van der Waals surface area contributed by atoms with Gasteiger partial charge in [-0.25, -0.2) is 0 Å². The number of nitrogens with zero attached hydrogens (tertiary/aromatic N) is 2. The van der Waals surface area contributed by atoms with E-state index in [1.807, 2.05) is 0 Å². The predicted molar refractivity (Wildman–Crippen MR) is 138 cm³/mol. The normalized spacial score (nSPS) is 17.2. The Kier molecular flexibility index (Phi) is 5.24. The van der Waals surface area contributed by atoms with Crippen LogP contribution in [0.3, 0.4) is 0 Å². The number of aliphatic hydroxyl groups excluding tert-OH is 1. The molecule has 5 heteroatoms. The number of rotatable bonds is 4. The van der Waals surface area contributed by atoms with Gasteiger partial charge in [0.05, 0.1) is 12.6 Å². The smallest absolute Gasteiger partial charge is 0.0893 e. The molecule has 1 N–H and O–H groups in total. The molecule has 0 spiro atoms. The Hall–Kier alpha value is -1.32. The Morgan fingerprint density at radius 2 is 1.55 bits per heavy atom. The van der Waals surface area contributed by atoms with Crippen molar-refractivity contribution in [2.45, 2.75) is 32.0 Å². The van der Waals surface area contributed by atoms with Crippen LogP contribution in [0.15, 0.2) is 60.7 Å². The van der Waals surface area contributed by atoms with Crippen LogP contribution in [0.1, 0.15) is 12.5 Å². The molecule has 0 bridgehead atoms. The van der Waals surface area contributed by atoms with Crippen molar-refractivity contribution in [1.29, 1.82) is 0 Å². The lowest BCUT2D eigenvalue weighted by atomic mass is 10.1. The van der Waals surface area contributed by atoms with Crippen molar-refractivity contribution in [3.63, 3.8) is 0 Å². The maximum atomic E-state index is 11.1. The van der Waals surface area contributed by atoms with E-state index in [2.05, 4.69) is 122 Å². The van der Waals surface area contributed by atoms with E-state index in [9.17, 15) is 5.11 Å². The third-order valence-electron chi connectivity index (χ3n) is 5.94. The largest absolute Gasteiger partial charge is 0.389 e. The molecule has 2 atom stereocenters. The van der Waals surface area contributed by atoms with Crippen molar-refractivity contribution in [1.82, 2.24) is 4.57 Å². The van der Waals surface area contributed by atoms with Crippen LogP contribution in [0.2, 0.25) is 0 Å². The number of aliphatic hydroxyl groups is 1. The van der Waals surface area contributed by atoms with Crippen LogP contribution in [0.5, 0.6) is 0 Å². The van der Waals surface area contributed by atoms with Crippen LogP contribution in [0.25, 0.3) is 21.8 Å². The third kappa shape index (κ3) is 3.55. The second kappa shape index (κ2) is 7.74. The lowest BCUT2D eigenvalue weighted by Gasteiger charge is -2.28.